The molecule has 104 valence electrons. The van der Waals surface area contributed by atoms with Gasteiger partial charge in [-0.2, -0.15) is 4.98 Å². The van der Waals surface area contributed by atoms with Gasteiger partial charge in [0.1, 0.15) is 0 Å². The molecule has 0 bridgehead atoms. The van der Waals surface area contributed by atoms with Crippen LogP contribution in [0.25, 0.3) is 11.4 Å². The monoisotopic (exact) mass is 273 g/mol. The average Bonchev–Trinajstić information content (AvgIpc) is 2.90. The molecular formula is C13H15N5O2. The first-order valence-corrected chi connectivity index (χ1v) is 6.48. The Hall–Kier alpha value is -2.28. The fourth-order valence-corrected chi connectivity index (χ4v) is 2.13. The van der Waals surface area contributed by atoms with E-state index in [4.69, 9.17) is 4.52 Å². The summed E-state index contributed by atoms with van der Waals surface area (Å²) in [7, 11) is 0. The van der Waals surface area contributed by atoms with E-state index in [0.717, 1.165) is 17.7 Å². The number of nitrogens with one attached hydrogen (secondary N) is 2. The van der Waals surface area contributed by atoms with Gasteiger partial charge in [-0.15, -0.1) is 0 Å². The molecule has 1 aliphatic rings. The van der Waals surface area contributed by atoms with Crippen LogP contribution in [0.4, 0.5) is 0 Å². The lowest BCUT2D eigenvalue weighted by Gasteiger charge is -2.21. The van der Waals surface area contributed by atoms with Crippen molar-refractivity contribution in [1.82, 2.24) is 25.8 Å². The van der Waals surface area contributed by atoms with E-state index in [0.29, 0.717) is 24.7 Å². The van der Waals surface area contributed by atoms with Crippen LogP contribution < -0.4 is 10.6 Å². The fraction of sp³-hybridized carbons (Fsp3) is 0.385. The lowest BCUT2D eigenvalue weighted by Crippen LogP contribution is -2.53. The number of rotatable bonds is 3. The van der Waals surface area contributed by atoms with Gasteiger partial charge in [0.05, 0.1) is 12.5 Å². The Labute approximate surface area is 115 Å². The summed E-state index contributed by atoms with van der Waals surface area (Å²) < 4.78 is 5.22. The normalized spacial score (nSPS) is 18.9. The maximum Gasteiger partial charge on any atom is 0.237 e. The van der Waals surface area contributed by atoms with Gasteiger partial charge in [-0.05, 0) is 18.6 Å². The van der Waals surface area contributed by atoms with Crippen molar-refractivity contribution >= 4 is 5.91 Å². The van der Waals surface area contributed by atoms with E-state index in [1.165, 1.54) is 0 Å². The molecule has 1 atom stereocenters. The third-order valence-electron chi connectivity index (χ3n) is 3.26. The minimum absolute atomic E-state index is 0.0337. The van der Waals surface area contributed by atoms with Crippen molar-refractivity contribution in [3.63, 3.8) is 0 Å². The van der Waals surface area contributed by atoms with E-state index in [1.54, 1.807) is 12.4 Å². The molecular weight excluding hydrogens is 258 g/mol. The summed E-state index contributed by atoms with van der Waals surface area (Å²) in [5.41, 5.74) is 1.87. The first kappa shape index (κ1) is 12.7. The SMILES string of the molecule is Cc1ccncc1-c1noc(CC2NCCNC2=O)n1. The van der Waals surface area contributed by atoms with Gasteiger partial charge in [-0.25, -0.2) is 0 Å². The summed E-state index contributed by atoms with van der Waals surface area (Å²) >= 11 is 0. The van der Waals surface area contributed by atoms with Crippen molar-refractivity contribution in [2.45, 2.75) is 19.4 Å². The molecule has 2 aromatic rings. The number of nitrogens with zero attached hydrogens (tertiary/aromatic N) is 3. The van der Waals surface area contributed by atoms with Crippen LogP contribution in [0.5, 0.6) is 0 Å². The summed E-state index contributed by atoms with van der Waals surface area (Å²) in [4.78, 5) is 20.0. The number of aryl methyl sites for hydroxylation is 1. The van der Waals surface area contributed by atoms with Crippen LogP contribution in [0.15, 0.2) is 23.0 Å². The molecule has 0 aliphatic carbocycles. The molecule has 2 aromatic heterocycles. The molecule has 0 spiro atoms. The number of hydrogen-bond donors (Lipinski definition) is 2. The zero-order chi connectivity index (χ0) is 13.9. The molecule has 2 N–H and O–H groups in total. The van der Waals surface area contributed by atoms with Crippen molar-refractivity contribution in [3.8, 4) is 11.4 Å². The molecule has 0 saturated carbocycles. The van der Waals surface area contributed by atoms with Crippen LogP contribution in [-0.4, -0.2) is 40.2 Å². The molecule has 1 fully saturated rings. The number of carbonyl (C=O) groups excluding carboxylic acids is 1. The number of aromatic nitrogens is 3. The van der Waals surface area contributed by atoms with Gasteiger partial charge in [0.25, 0.3) is 0 Å². The molecule has 3 rings (SSSR count). The first-order chi connectivity index (χ1) is 9.74. The number of amides is 1. The minimum atomic E-state index is -0.313. The zero-order valence-corrected chi connectivity index (χ0v) is 11.1. The molecule has 1 saturated heterocycles. The Bertz CT molecular complexity index is 625. The van der Waals surface area contributed by atoms with Crippen LogP contribution >= 0.6 is 0 Å². The van der Waals surface area contributed by atoms with E-state index in [1.807, 2.05) is 13.0 Å². The highest BCUT2D eigenvalue weighted by molar-refractivity contribution is 5.82. The number of piperazine rings is 1. The van der Waals surface area contributed by atoms with E-state index < -0.39 is 0 Å². The first-order valence-electron chi connectivity index (χ1n) is 6.48. The molecule has 1 unspecified atom stereocenters. The highest BCUT2D eigenvalue weighted by Crippen LogP contribution is 2.19. The van der Waals surface area contributed by atoms with Crippen LogP contribution in [0.1, 0.15) is 11.5 Å². The average molecular weight is 273 g/mol. The van der Waals surface area contributed by atoms with Gasteiger partial charge in [0.2, 0.25) is 17.6 Å². The smallest absolute Gasteiger partial charge is 0.237 e. The van der Waals surface area contributed by atoms with E-state index in [2.05, 4.69) is 25.8 Å². The zero-order valence-electron chi connectivity index (χ0n) is 11.1. The highest BCUT2D eigenvalue weighted by atomic mass is 16.5. The summed E-state index contributed by atoms with van der Waals surface area (Å²) in [6.45, 7) is 3.36. The van der Waals surface area contributed by atoms with Crippen molar-refractivity contribution in [2.24, 2.45) is 0 Å². The van der Waals surface area contributed by atoms with Gasteiger partial charge in [0, 0.05) is 31.0 Å². The predicted octanol–water partition coefficient (Wildman–Crippen LogP) is 0.0705. The Morgan fingerprint density at radius 2 is 2.35 bits per heavy atom. The second-order valence-corrected chi connectivity index (χ2v) is 4.70. The van der Waals surface area contributed by atoms with Crippen molar-refractivity contribution < 1.29 is 9.32 Å². The van der Waals surface area contributed by atoms with Gasteiger partial charge >= 0.3 is 0 Å². The fourth-order valence-electron chi connectivity index (χ4n) is 2.13. The standard InChI is InChI=1S/C13H15N5O2/c1-8-2-3-14-7-9(8)12-17-11(20-18-12)6-10-13(19)16-5-4-15-10/h2-3,7,10,15H,4-6H2,1H3,(H,16,19). The number of hydrogen-bond acceptors (Lipinski definition) is 6. The van der Waals surface area contributed by atoms with E-state index >= 15 is 0 Å². The van der Waals surface area contributed by atoms with Crippen molar-refractivity contribution in [1.29, 1.82) is 0 Å². The summed E-state index contributed by atoms with van der Waals surface area (Å²) in [6.07, 6.45) is 3.81. The van der Waals surface area contributed by atoms with E-state index in [-0.39, 0.29) is 11.9 Å². The van der Waals surface area contributed by atoms with Crippen molar-refractivity contribution in [3.05, 3.63) is 29.9 Å². The molecule has 3 heterocycles. The molecule has 7 nitrogen and oxygen atoms in total. The molecule has 0 radical (unpaired) electrons. The lowest BCUT2D eigenvalue weighted by atomic mass is 10.1. The second-order valence-electron chi connectivity index (χ2n) is 4.70. The number of carbonyl (C=O) groups is 1. The Morgan fingerprint density at radius 3 is 3.15 bits per heavy atom. The second kappa shape index (κ2) is 5.38. The molecule has 1 amide bonds. The van der Waals surface area contributed by atoms with Crippen LogP contribution in [0.3, 0.4) is 0 Å². The molecule has 7 heteroatoms. The van der Waals surface area contributed by atoms with Crippen LogP contribution in [0.2, 0.25) is 0 Å². The largest absolute Gasteiger partial charge is 0.353 e. The molecule has 20 heavy (non-hydrogen) atoms. The third-order valence-corrected chi connectivity index (χ3v) is 3.26. The van der Waals surface area contributed by atoms with E-state index in [9.17, 15) is 4.79 Å². The van der Waals surface area contributed by atoms with Gasteiger partial charge in [-0.3, -0.25) is 9.78 Å². The van der Waals surface area contributed by atoms with Gasteiger partial charge in [0.15, 0.2) is 0 Å². The number of pyridine rings is 1. The van der Waals surface area contributed by atoms with Crippen molar-refractivity contribution in [2.75, 3.05) is 13.1 Å². The lowest BCUT2D eigenvalue weighted by molar-refractivity contribution is -0.124. The Morgan fingerprint density at radius 1 is 1.45 bits per heavy atom. The maximum absolute atomic E-state index is 11.7. The third kappa shape index (κ3) is 2.53. The summed E-state index contributed by atoms with van der Waals surface area (Å²) in [6, 6.07) is 1.58. The highest BCUT2D eigenvalue weighted by Gasteiger charge is 2.24. The quantitative estimate of drug-likeness (QED) is 0.822. The minimum Gasteiger partial charge on any atom is -0.353 e. The van der Waals surface area contributed by atoms with Crippen LogP contribution in [0, 0.1) is 6.92 Å². The van der Waals surface area contributed by atoms with Crippen LogP contribution in [-0.2, 0) is 11.2 Å². The Balaban J connectivity index is 1.77. The predicted molar refractivity (Wildman–Crippen MR) is 70.8 cm³/mol. The molecule has 0 aromatic carbocycles. The van der Waals surface area contributed by atoms with Gasteiger partial charge < -0.3 is 15.2 Å². The topological polar surface area (TPSA) is 92.9 Å². The summed E-state index contributed by atoms with van der Waals surface area (Å²) in [5.74, 6) is 0.910. The summed E-state index contributed by atoms with van der Waals surface area (Å²) in [5, 5.41) is 9.88. The Kier molecular flexibility index (Phi) is 3.42. The van der Waals surface area contributed by atoms with Gasteiger partial charge in [-0.1, -0.05) is 5.16 Å². The molecule has 1 aliphatic heterocycles. The maximum atomic E-state index is 11.7.